The molecule has 2 amide bonds. The molecule has 5 aromatic rings. The van der Waals surface area contributed by atoms with E-state index in [2.05, 4.69) is 20.2 Å². The van der Waals surface area contributed by atoms with Gasteiger partial charge in [-0.15, -0.1) is 0 Å². The van der Waals surface area contributed by atoms with Gasteiger partial charge in [0.05, 0.1) is 47.6 Å². The third-order valence-corrected chi connectivity index (χ3v) is 21.0. The number of cyclic esters (lactones) is 1. The van der Waals surface area contributed by atoms with E-state index in [4.69, 9.17) is 44.4 Å². The maximum Gasteiger partial charge on any atom is 0.329 e. The number of nitrogens with one attached hydrogen (secondary N) is 1. The molecule has 3 aromatic carbocycles. The Balaban J connectivity index is 0.809. The number of aliphatic hydroxyl groups excluding tert-OH is 3. The number of nitrogens with zero attached hydrogens (tertiary/aromatic N) is 5. The Labute approximate surface area is 583 Å². The van der Waals surface area contributed by atoms with Crippen molar-refractivity contribution in [2.24, 2.45) is 29.6 Å². The van der Waals surface area contributed by atoms with E-state index in [0.29, 0.717) is 122 Å². The zero-order chi connectivity index (χ0) is 70.7. The predicted octanol–water partition coefficient (Wildman–Crippen LogP) is 9.87. The number of esters is 1. The van der Waals surface area contributed by atoms with Crippen LogP contribution >= 0.6 is 11.6 Å². The van der Waals surface area contributed by atoms with E-state index in [0.717, 1.165) is 27.2 Å². The van der Waals surface area contributed by atoms with Gasteiger partial charge >= 0.3 is 5.97 Å². The molecule has 22 nitrogen and oxygen atoms in total. The fraction of sp³-hybridized carbons (Fsp3) is 0.560. The number of aromatic nitrogens is 2. The summed E-state index contributed by atoms with van der Waals surface area (Å²) in [6.45, 7) is 9.60. The van der Waals surface area contributed by atoms with Crippen LogP contribution in [0.5, 0.6) is 5.75 Å². The number of methoxy groups -OCH3 is 3. The van der Waals surface area contributed by atoms with Crippen molar-refractivity contribution in [2.45, 2.75) is 179 Å². The lowest BCUT2D eigenvalue weighted by atomic mass is 9.78. The summed E-state index contributed by atoms with van der Waals surface area (Å²) in [5.74, 6) is -7.10. The van der Waals surface area contributed by atoms with Gasteiger partial charge in [0.1, 0.15) is 65.9 Å². The highest BCUT2D eigenvalue weighted by molar-refractivity contribution is 6.39. The number of piperazine rings is 1. The van der Waals surface area contributed by atoms with Crippen LogP contribution in [0.2, 0.25) is 5.02 Å². The number of fused-ring (bicyclic) bond motifs is 4. The highest BCUT2D eigenvalue weighted by Crippen LogP contribution is 2.41. The van der Waals surface area contributed by atoms with Gasteiger partial charge in [-0.1, -0.05) is 55.3 Å². The van der Waals surface area contributed by atoms with Crippen LogP contribution in [0.4, 0.5) is 15.9 Å². The number of amides is 2. The molecule has 6 heterocycles. The Bertz CT molecular complexity index is 3690. The van der Waals surface area contributed by atoms with E-state index < -0.39 is 90.0 Å². The molecule has 3 saturated heterocycles. The van der Waals surface area contributed by atoms with Gasteiger partial charge in [-0.25, -0.2) is 19.2 Å². The first-order chi connectivity index (χ1) is 47.6. The number of anilines is 2. The number of benzene rings is 3. The average molecular weight is 1390 g/mol. The van der Waals surface area contributed by atoms with Gasteiger partial charge in [-0.3, -0.25) is 24.1 Å². The number of halogens is 2. The van der Waals surface area contributed by atoms with Crippen LogP contribution < -0.4 is 10.1 Å². The molecule has 4 fully saturated rings. The molecule has 0 spiro atoms. The third-order valence-electron chi connectivity index (χ3n) is 20.7. The summed E-state index contributed by atoms with van der Waals surface area (Å²) in [4.78, 5) is 87.1. The maximum absolute atomic E-state index is 14.9. The molecule has 1 saturated carbocycles. The first kappa shape index (κ1) is 74.7. The number of furan rings is 1. The first-order valence-electron chi connectivity index (χ1n) is 34.7. The number of hydrogen-bond acceptors (Lipinski definition) is 20. The topological polar surface area (TPSA) is 282 Å². The minimum atomic E-state index is -2.63. The Hall–Kier alpha value is -7.03. The van der Waals surface area contributed by atoms with Crippen molar-refractivity contribution < 1.29 is 81.6 Å². The van der Waals surface area contributed by atoms with Crippen LogP contribution in [0.15, 0.2) is 107 Å². The Morgan fingerprint density at radius 2 is 1.65 bits per heavy atom. The molecule has 99 heavy (non-hydrogen) atoms. The molecule has 4 aliphatic heterocycles. The average Bonchev–Trinajstić information content (AvgIpc) is 1.33. The summed E-state index contributed by atoms with van der Waals surface area (Å²) >= 11 is 6.63. The largest absolute Gasteiger partial charge is 0.487 e. The number of ketones is 2. The second-order valence-electron chi connectivity index (χ2n) is 27.6. The quantitative estimate of drug-likeness (QED) is 0.0310. The molecule has 0 radical (unpaired) electrons. The van der Waals surface area contributed by atoms with Gasteiger partial charge in [0.2, 0.25) is 11.7 Å². The van der Waals surface area contributed by atoms with Crippen LogP contribution in [0.3, 0.4) is 0 Å². The number of carbonyl (C=O) groups excluding carboxylic acids is 5. The number of piperidine rings is 1. The van der Waals surface area contributed by atoms with Gasteiger partial charge in [-0.05, 0) is 156 Å². The molecule has 2 aromatic heterocycles. The predicted molar refractivity (Wildman–Crippen MR) is 368 cm³/mol. The number of aliphatic hydroxyl groups is 4. The molecule has 5 N–H and O–H groups in total. The lowest BCUT2D eigenvalue weighted by Crippen LogP contribution is -2.64. The van der Waals surface area contributed by atoms with E-state index in [-0.39, 0.29) is 87.6 Å². The van der Waals surface area contributed by atoms with E-state index in [1.165, 1.54) is 32.7 Å². The van der Waals surface area contributed by atoms with E-state index in [1.807, 2.05) is 60.4 Å². The molecule has 0 unspecified atom stereocenters. The van der Waals surface area contributed by atoms with Crippen molar-refractivity contribution in [3.63, 3.8) is 0 Å². The Morgan fingerprint density at radius 3 is 2.38 bits per heavy atom. The number of hydrogen-bond donors (Lipinski definition) is 5. The SMILES string of the molecule is CO[C@H]1C/C(C)=C/[C@@H](CCCC(=O)N2CCN(Cc3ccc(-c4ccc5ncnc(Nc6ccc(OCc7cccc(F)c7)c(Cl)c6)c5c4)o3)CC2)C(=O)C[C@H](O)[C@@H](C)[C@@H](/C(C)=C/[C@@H]2CC[C@@H](O)[C@H](CO)C2)OC(=O)[C@@H]2CCCCN2C(=O)C(=O)[C@]2(O)O[C@H]([C@@H](OC)C1)[C@@H](OC)C[C@H]2C. The van der Waals surface area contributed by atoms with Gasteiger partial charge in [-0.2, -0.15) is 0 Å². The van der Waals surface area contributed by atoms with Gasteiger partial charge in [0.15, 0.2) is 0 Å². The van der Waals surface area contributed by atoms with Crippen LogP contribution in [-0.4, -0.2) is 190 Å². The fourth-order valence-corrected chi connectivity index (χ4v) is 15.0. The summed E-state index contributed by atoms with van der Waals surface area (Å²) in [6, 6.07) is 19.9. The lowest BCUT2D eigenvalue weighted by molar-refractivity contribution is -0.303. The second-order valence-corrected chi connectivity index (χ2v) is 28.0. The number of ether oxygens (including phenoxy) is 6. The molecule has 10 rings (SSSR count). The molecule has 24 heteroatoms. The molecular weight excluding hydrogens is 1300 g/mol. The zero-order valence-electron chi connectivity index (χ0n) is 57.7. The number of allylic oxidation sites excluding steroid dienone is 2. The van der Waals surface area contributed by atoms with Crippen molar-refractivity contribution in [1.82, 2.24) is 24.7 Å². The van der Waals surface area contributed by atoms with Gasteiger partial charge in [0, 0.05) is 120 Å². The Kier molecular flexibility index (Phi) is 25.7. The maximum atomic E-state index is 14.9. The zero-order valence-corrected chi connectivity index (χ0v) is 58.5. The molecule has 5 aliphatic rings. The number of rotatable bonds is 18. The normalized spacial score (nSPS) is 29.7. The molecule has 1 aliphatic carbocycles. The minimum Gasteiger partial charge on any atom is -0.487 e. The third kappa shape index (κ3) is 18.4. The van der Waals surface area contributed by atoms with Crippen LogP contribution in [0.1, 0.15) is 122 Å². The monoisotopic (exact) mass is 1390 g/mol. The highest BCUT2D eigenvalue weighted by Gasteiger charge is 2.57. The van der Waals surface area contributed by atoms with Crippen LogP contribution in [-0.2, 0) is 60.8 Å². The molecule has 536 valence electrons. The lowest BCUT2D eigenvalue weighted by Gasteiger charge is -2.47. The second kappa shape index (κ2) is 34.1. The molecule has 2 bridgehead atoms. The standard InChI is InChI=1S/C75H96ClFN6O16/c1-44-30-50(13-11-16-68(88)82-28-26-81(27-29-82)40-55-20-24-64(97-55)51-18-21-59-57(36-51)72(79-43-78-59)80-54-19-23-65(58(76)37-54)96-42-49-12-10-14-53(77)35-49)63(87)39-62(86)47(4)69(45(2)32-48-17-22-61(85)52(34-48)41-84)98-74(91)60-15-8-9-25-83(60)73(90)71(89)75(92)46(3)33-66(94-6)70(99-75)67(95-7)38-56(31-44)93-5/h10,12,14,18-21,23-24,30,32,35-37,43,46-48,50,52,56,60-62,66-67,69-70,84-86,92H,8-9,11,13,15-17,22,25-29,31,33-34,38-42H2,1-7H3,(H,78,79,80)/b44-30+,45-32+/t46-,47-,48+,50-,52+,56+,60+,61-,62+,66+,67+,69-,70+,75-/m1/s1. The minimum absolute atomic E-state index is 0.0172. The number of Topliss-reactive ketones (excluding diaryl/α,β-unsaturated/α-hetero) is 2. The van der Waals surface area contributed by atoms with E-state index >= 15 is 0 Å². The van der Waals surface area contributed by atoms with Crippen molar-refractivity contribution >= 4 is 63.4 Å². The summed E-state index contributed by atoms with van der Waals surface area (Å²) < 4.78 is 56.8. The summed E-state index contributed by atoms with van der Waals surface area (Å²) in [5.41, 5.74) is 4.23. The highest BCUT2D eigenvalue weighted by atomic mass is 35.5. The first-order valence-corrected chi connectivity index (χ1v) is 35.1. The van der Waals surface area contributed by atoms with Crippen molar-refractivity contribution in [1.29, 1.82) is 0 Å². The van der Waals surface area contributed by atoms with Crippen molar-refractivity contribution in [2.75, 3.05) is 66.0 Å². The summed E-state index contributed by atoms with van der Waals surface area (Å²) in [7, 11) is 4.51. The summed E-state index contributed by atoms with van der Waals surface area (Å²) in [5, 5.41) is 49.8. The Morgan fingerprint density at radius 1 is 0.869 bits per heavy atom. The van der Waals surface area contributed by atoms with Gasteiger partial charge < -0.3 is 68.4 Å². The van der Waals surface area contributed by atoms with Crippen molar-refractivity contribution in [3.8, 4) is 17.1 Å². The summed E-state index contributed by atoms with van der Waals surface area (Å²) in [6.07, 6.45) is 2.76. The smallest absolute Gasteiger partial charge is 0.329 e. The van der Waals surface area contributed by atoms with Crippen LogP contribution in [0, 0.1) is 35.4 Å². The van der Waals surface area contributed by atoms with Gasteiger partial charge in [0.25, 0.3) is 11.7 Å². The molecule has 14 atom stereocenters. The van der Waals surface area contributed by atoms with E-state index in [9.17, 15) is 48.8 Å². The fourth-order valence-electron chi connectivity index (χ4n) is 14.8. The molecular formula is C75H96ClFN6O16. The van der Waals surface area contributed by atoms with Crippen molar-refractivity contribution in [3.05, 3.63) is 125 Å². The van der Waals surface area contributed by atoms with Crippen LogP contribution in [0.25, 0.3) is 22.2 Å². The van der Waals surface area contributed by atoms with E-state index in [1.54, 1.807) is 52.1 Å². The number of carbonyl (C=O) groups is 5.